The Bertz CT molecular complexity index is 493. The maximum atomic E-state index is 9.78. The smallest absolute Gasteiger partial charge is 0.212 e. The second-order valence-corrected chi connectivity index (χ2v) is 4.06. The van der Waals surface area contributed by atoms with Crippen LogP contribution in [-0.4, -0.2) is 17.4 Å². The standard InChI is InChI=1S/C14H17NO2/c1-2-12(15)14(16)17-13-9-5-7-10-6-3-4-8-11(10)13/h3-9,12,14,16H,2,15H2,1H3. The molecule has 17 heavy (non-hydrogen) atoms. The minimum atomic E-state index is -0.967. The Kier molecular flexibility index (Phi) is 3.61. The molecule has 2 atom stereocenters. The first kappa shape index (κ1) is 11.9. The van der Waals surface area contributed by atoms with Gasteiger partial charge < -0.3 is 15.6 Å². The van der Waals surface area contributed by atoms with E-state index in [0.29, 0.717) is 12.2 Å². The third-order valence-corrected chi connectivity index (χ3v) is 2.84. The van der Waals surface area contributed by atoms with E-state index in [9.17, 15) is 5.11 Å². The van der Waals surface area contributed by atoms with Gasteiger partial charge in [-0.1, -0.05) is 43.3 Å². The molecule has 0 bridgehead atoms. The van der Waals surface area contributed by atoms with Gasteiger partial charge in [0.25, 0.3) is 0 Å². The van der Waals surface area contributed by atoms with Gasteiger partial charge in [0.1, 0.15) is 5.75 Å². The first-order valence-electron chi connectivity index (χ1n) is 5.80. The summed E-state index contributed by atoms with van der Waals surface area (Å²) in [7, 11) is 0. The molecular weight excluding hydrogens is 214 g/mol. The molecule has 2 rings (SSSR count). The number of aliphatic hydroxyl groups excluding tert-OH is 1. The summed E-state index contributed by atoms with van der Waals surface area (Å²) in [6.45, 7) is 1.92. The van der Waals surface area contributed by atoms with E-state index in [1.807, 2.05) is 49.4 Å². The molecule has 0 spiro atoms. The fourth-order valence-electron chi connectivity index (χ4n) is 1.72. The van der Waals surface area contributed by atoms with Gasteiger partial charge in [-0.2, -0.15) is 0 Å². The highest BCUT2D eigenvalue weighted by Crippen LogP contribution is 2.26. The van der Waals surface area contributed by atoms with Crippen LogP contribution in [0.3, 0.4) is 0 Å². The largest absolute Gasteiger partial charge is 0.463 e. The number of ether oxygens (including phenoxy) is 1. The van der Waals surface area contributed by atoms with Crippen LogP contribution in [0.15, 0.2) is 42.5 Å². The average molecular weight is 231 g/mol. The van der Waals surface area contributed by atoms with Crippen molar-refractivity contribution in [1.82, 2.24) is 0 Å². The van der Waals surface area contributed by atoms with E-state index in [-0.39, 0.29) is 6.04 Å². The molecule has 0 radical (unpaired) electrons. The lowest BCUT2D eigenvalue weighted by atomic mass is 10.1. The highest BCUT2D eigenvalue weighted by molar-refractivity contribution is 5.88. The summed E-state index contributed by atoms with van der Waals surface area (Å²) >= 11 is 0. The van der Waals surface area contributed by atoms with Gasteiger partial charge in [-0.25, -0.2) is 0 Å². The van der Waals surface area contributed by atoms with Gasteiger partial charge in [-0.15, -0.1) is 0 Å². The zero-order valence-electron chi connectivity index (χ0n) is 9.84. The maximum Gasteiger partial charge on any atom is 0.212 e. The first-order valence-corrected chi connectivity index (χ1v) is 5.80. The third-order valence-electron chi connectivity index (χ3n) is 2.84. The van der Waals surface area contributed by atoms with Gasteiger partial charge in [0.2, 0.25) is 6.29 Å². The van der Waals surface area contributed by atoms with Gasteiger partial charge in [0.05, 0.1) is 6.04 Å². The van der Waals surface area contributed by atoms with Crippen LogP contribution in [0.25, 0.3) is 10.8 Å². The molecule has 3 N–H and O–H groups in total. The van der Waals surface area contributed by atoms with Crippen LogP contribution in [-0.2, 0) is 0 Å². The molecule has 3 heteroatoms. The summed E-state index contributed by atoms with van der Waals surface area (Å²) in [6, 6.07) is 13.3. The Labute approximate surface area is 101 Å². The summed E-state index contributed by atoms with van der Waals surface area (Å²) < 4.78 is 5.51. The quantitative estimate of drug-likeness (QED) is 0.794. The molecule has 0 aromatic heterocycles. The number of fused-ring (bicyclic) bond motifs is 1. The fraction of sp³-hybridized carbons (Fsp3) is 0.286. The minimum absolute atomic E-state index is 0.367. The average Bonchev–Trinajstić information content (AvgIpc) is 2.38. The lowest BCUT2D eigenvalue weighted by Gasteiger charge is -2.19. The zero-order valence-corrected chi connectivity index (χ0v) is 9.84. The van der Waals surface area contributed by atoms with Crippen LogP contribution in [0.2, 0.25) is 0 Å². The molecule has 0 fully saturated rings. The van der Waals surface area contributed by atoms with Gasteiger partial charge in [0, 0.05) is 5.39 Å². The number of aliphatic hydroxyl groups is 1. The van der Waals surface area contributed by atoms with Crippen molar-refractivity contribution in [3.63, 3.8) is 0 Å². The third kappa shape index (κ3) is 2.57. The topological polar surface area (TPSA) is 55.5 Å². The van der Waals surface area contributed by atoms with Crippen LogP contribution in [0.5, 0.6) is 5.75 Å². The van der Waals surface area contributed by atoms with Crippen LogP contribution in [0.4, 0.5) is 0 Å². The Morgan fingerprint density at radius 1 is 1.18 bits per heavy atom. The second kappa shape index (κ2) is 5.17. The van der Waals surface area contributed by atoms with Crippen molar-refractivity contribution in [3.8, 4) is 5.75 Å². The van der Waals surface area contributed by atoms with E-state index >= 15 is 0 Å². The summed E-state index contributed by atoms with van der Waals surface area (Å²) in [4.78, 5) is 0. The number of nitrogens with two attached hydrogens (primary N) is 1. The molecule has 3 nitrogen and oxygen atoms in total. The van der Waals surface area contributed by atoms with Crippen molar-refractivity contribution in [1.29, 1.82) is 0 Å². The molecular formula is C14H17NO2. The molecule has 2 unspecified atom stereocenters. The maximum absolute atomic E-state index is 9.78. The zero-order chi connectivity index (χ0) is 12.3. The number of benzene rings is 2. The highest BCUT2D eigenvalue weighted by Gasteiger charge is 2.15. The predicted octanol–water partition coefficient (Wildman–Crippen LogP) is 2.27. The molecule has 0 amide bonds. The summed E-state index contributed by atoms with van der Waals surface area (Å²) in [5, 5.41) is 11.9. The second-order valence-electron chi connectivity index (χ2n) is 4.06. The van der Waals surface area contributed by atoms with E-state index in [4.69, 9.17) is 10.5 Å². The van der Waals surface area contributed by atoms with Crippen LogP contribution < -0.4 is 10.5 Å². The van der Waals surface area contributed by atoms with Crippen LogP contribution in [0, 0.1) is 0 Å². The molecule has 0 aliphatic rings. The van der Waals surface area contributed by atoms with E-state index in [1.165, 1.54) is 0 Å². The molecule has 0 aliphatic carbocycles. The molecule has 2 aromatic rings. The number of hydrogen-bond acceptors (Lipinski definition) is 3. The summed E-state index contributed by atoms with van der Waals surface area (Å²) in [6.07, 6.45) is -0.294. The lowest BCUT2D eigenvalue weighted by Crippen LogP contribution is -2.38. The predicted molar refractivity (Wildman–Crippen MR) is 68.8 cm³/mol. The molecule has 0 aliphatic heterocycles. The van der Waals surface area contributed by atoms with E-state index in [2.05, 4.69) is 0 Å². The molecule has 90 valence electrons. The summed E-state index contributed by atoms with van der Waals surface area (Å²) in [5.74, 6) is 0.666. The van der Waals surface area contributed by atoms with Gasteiger partial charge in [0.15, 0.2) is 0 Å². The van der Waals surface area contributed by atoms with E-state index in [1.54, 1.807) is 0 Å². The van der Waals surface area contributed by atoms with Crippen molar-refractivity contribution in [2.24, 2.45) is 5.73 Å². The molecule has 0 saturated carbocycles. The Hall–Kier alpha value is -1.58. The Morgan fingerprint density at radius 2 is 1.88 bits per heavy atom. The van der Waals surface area contributed by atoms with Crippen molar-refractivity contribution in [3.05, 3.63) is 42.5 Å². The van der Waals surface area contributed by atoms with Crippen molar-refractivity contribution in [2.45, 2.75) is 25.7 Å². The molecule has 0 saturated heterocycles. The van der Waals surface area contributed by atoms with Crippen LogP contribution >= 0.6 is 0 Å². The SMILES string of the molecule is CCC(N)C(O)Oc1cccc2ccccc12. The highest BCUT2D eigenvalue weighted by atomic mass is 16.6. The normalized spacial score (nSPS) is 14.5. The van der Waals surface area contributed by atoms with Crippen LogP contribution in [0.1, 0.15) is 13.3 Å². The fourth-order valence-corrected chi connectivity index (χ4v) is 1.72. The Morgan fingerprint density at radius 3 is 2.65 bits per heavy atom. The van der Waals surface area contributed by atoms with Gasteiger partial charge in [-0.3, -0.25) is 0 Å². The van der Waals surface area contributed by atoms with Crippen molar-refractivity contribution in [2.75, 3.05) is 0 Å². The minimum Gasteiger partial charge on any atom is -0.463 e. The number of rotatable bonds is 4. The summed E-state index contributed by atoms with van der Waals surface area (Å²) in [5.41, 5.74) is 5.73. The van der Waals surface area contributed by atoms with Crippen molar-refractivity contribution < 1.29 is 9.84 Å². The molecule has 0 heterocycles. The van der Waals surface area contributed by atoms with Gasteiger partial charge >= 0.3 is 0 Å². The molecule has 2 aromatic carbocycles. The first-order chi connectivity index (χ1) is 8.22. The van der Waals surface area contributed by atoms with E-state index in [0.717, 1.165) is 10.8 Å². The van der Waals surface area contributed by atoms with Crippen molar-refractivity contribution >= 4 is 10.8 Å². The monoisotopic (exact) mass is 231 g/mol. The number of hydrogen-bond donors (Lipinski definition) is 2. The Balaban J connectivity index is 2.30. The lowest BCUT2D eigenvalue weighted by molar-refractivity contribution is -0.0358. The van der Waals surface area contributed by atoms with Gasteiger partial charge in [-0.05, 0) is 17.9 Å². The van der Waals surface area contributed by atoms with E-state index < -0.39 is 6.29 Å².